The van der Waals surface area contributed by atoms with Crippen molar-refractivity contribution in [3.63, 3.8) is 0 Å². The third-order valence-corrected chi connectivity index (χ3v) is 2.12. The first kappa shape index (κ1) is 12.9. The van der Waals surface area contributed by atoms with Crippen LogP contribution < -0.4 is 5.32 Å². The Balaban J connectivity index is 2.70. The molecule has 0 heterocycles. The number of nitrogens with one attached hydrogen (secondary N) is 1. The van der Waals surface area contributed by atoms with Crippen molar-refractivity contribution < 1.29 is 9.53 Å². The van der Waals surface area contributed by atoms with E-state index in [4.69, 9.17) is 4.74 Å². The topological polar surface area (TPSA) is 38.3 Å². The van der Waals surface area contributed by atoms with Gasteiger partial charge in [0.2, 0.25) is 0 Å². The number of aryl methyl sites for hydroxylation is 1. The van der Waals surface area contributed by atoms with E-state index in [9.17, 15) is 4.79 Å². The van der Waals surface area contributed by atoms with Crippen molar-refractivity contribution in [2.24, 2.45) is 0 Å². The van der Waals surface area contributed by atoms with Gasteiger partial charge in [0.1, 0.15) is 5.60 Å². The zero-order valence-electron chi connectivity index (χ0n) is 10.00. The van der Waals surface area contributed by atoms with Crippen LogP contribution in [0.5, 0.6) is 0 Å². The molecule has 0 saturated heterocycles. The molecule has 4 heteroatoms. The molecule has 16 heavy (non-hydrogen) atoms. The Morgan fingerprint density at radius 2 is 2.00 bits per heavy atom. The van der Waals surface area contributed by atoms with Gasteiger partial charge in [0.25, 0.3) is 0 Å². The average Bonchev–Trinajstić information content (AvgIpc) is 2.06. The van der Waals surface area contributed by atoms with Crippen molar-refractivity contribution >= 4 is 24.4 Å². The molecule has 1 aromatic carbocycles. The first-order valence-corrected chi connectivity index (χ1v) is 5.52. The van der Waals surface area contributed by atoms with Crippen molar-refractivity contribution in [1.82, 2.24) is 0 Å². The summed E-state index contributed by atoms with van der Waals surface area (Å²) in [5.74, 6) is 0. The molecule has 1 aromatic rings. The van der Waals surface area contributed by atoms with Crippen LogP contribution in [0.15, 0.2) is 23.1 Å². The number of rotatable bonds is 1. The number of hydrogen-bond donors (Lipinski definition) is 2. The molecule has 0 bridgehead atoms. The Morgan fingerprint density at radius 3 is 2.50 bits per heavy atom. The van der Waals surface area contributed by atoms with E-state index in [-0.39, 0.29) is 0 Å². The summed E-state index contributed by atoms with van der Waals surface area (Å²) in [6, 6.07) is 5.51. The fourth-order valence-corrected chi connectivity index (χ4v) is 1.47. The number of thiol groups is 1. The number of carbonyl (C=O) groups excluding carboxylic acids is 1. The molecule has 0 radical (unpaired) electrons. The van der Waals surface area contributed by atoms with Crippen molar-refractivity contribution in [2.75, 3.05) is 5.32 Å². The van der Waals surface area contributed by atoms with Gasteiger partial charge in [-0.05, 0) is 51.5 Å². The molecule has 1 amide bonds. The summed E-state index contributed by atoms with van der Waals surface area (Å²) in [6.07, 6.45) is -0.442. The van der Waals surface area contributed by atoms with Crippen molar-refractivity contribution in [3.8, 4) is 0 Å². The fourth-order valence-electron chi connectivity index (χ4n) is 1.20. The summed E-state index contributed by atoms with van der Waals surface area (Å²) >= 11 is 4.22. The SMILES string of the molecule is Cc1cc(S)ccc1NC(=O)OC(C)(C)C. The number of benzene rings is 1. The third kappa shape index (κ3) is 4.14. The zero-order valence-corrected chi connectivity index (χ0v) is 10.9. The van der Waals surface area contributed by atoms with Crippen molar-refractivity contribution in [1.29, 1.82) is 0 Å². The van der Waals surface area contributed by atoms with E-state index < -0.39 is 11.7 Å². The van der Waals surface area contributed by atoms with E-state index in [1.807, 2.05) is 45.9 Å². The second kappa shape index (κ2) is 4.78. The maximum absolute atomic E-state index is 11.5. The van der Waals surface area contributed by atoms with Gasteiger partial charge in [0.05, 0.1) is 0 Å². The monoisotopic (exact) mass is 239 g/mol. The first-order chi connectivity index (χ1) is 7.28. The lowest BCUT2D eigenvalue weighted by atomic mass is 10.2. The van der Waals surface area contributed by atoms with Gasteiger partial charge in [0, 0.05) is 10.6 Å². The van der Waals surface area contributed by atoms with Gasteiger partial charge in [-0.15, -0.1) is 12.6 Å². The highest BCUT2D eigenvalue weighted by molar-refractivity contribution is 7.80. The van der Waals surface area contributed by atoms with Crippen molar-refractivity contribution in [2.45, 2.75) is 38.2 Å². The number of carbonyl (C=O) groups is 1. The predicted molar refractivity (Wildman–Crippen MR) is 68.3 cm³/mol. The molecule has 0 atom stereocenters. The predicted octanol–water partition coefficient (Wildman–Crippen LogP) is 3.63. The van der Waals surface area contributed by atoms with Gasteiger partial charge in [0.15, 0.2) is 0 Å². The summed E-state index contributed by atoms with van der Waals surface area (Å²) < 4.78 is 5.16. The lowest BCUT2D eigenvalue weighted by Gasteiger charge is -2.20. The number of hydrogen-bond acceptors (Lipinski definition) is 3. The summed E-state index contributed by atoms with van der Waals surface area (Å²) in [5, 5.41) is 2.70. The summed E-state index contributed by atoms with van der Waals surface area (Å²) in [5.41, 5.74) is 1.21. The lowest BCUT2D eigenvalue weighted by Crippen LogP contribution is -2.27. The molecule has 0 aliphatic carbocycles. The van der Waals surface area contributed by atoms with Gasteiger partial charge < -0.3 is 4.74 Å². The van der Waals surface area contributed by atoms with Crippen LogP contribution >= 0.6 is 12.6 Å². The van der Waals surface area contributed by atoms with E-state index in [1.54, 1.807) is 0 Å². The standard InChI is InChI=1S/C12H17NO2S/c1-8-7-9(16)5-6-10(8)13-11(14)15-12(2,3)4/h5-7,16H,1-4H3,(H,13,14). The van der Waals surface area contributed by atoms with E-state index in [1.165, 1.54) is 0 Å². The smallest absolute Gasteiger partial charge is 0.412 e. The van der Waals surface area contributed by atoms with Crippen LogP contribution in [0.2, 0.25) is 0 Å². The maximum atomic E-state index is 11.5. The Labute approximate surface area is 102 Å². The molecule has 0 aliphatic rings. The normalized spacial score (nSPS) is 11.1. The van der Waals surface area contributed by atoms with Gasteiger partial charge in [-0.2, -0.15) is 0 Å². The Morgan fingerprint density at radius 1 is 1.38 bits per heavy atom. The molecule has 0 saturated carbocycles. The Kier molecular flexibility index (Phi) is 3.86. The van der Waals surface area contributed by atoms with E-state index >= 15 is 0 Å². The van der Waals surface area contributed by atoms with Gasteiger partial charge in [-0.25, -0.2) is 4.79 Å². The lowest BCUT2D eigenvalue weighted by molar-refractivity contribution is 0.0636. The second-order valence-electron chi connectivity index (χ2n) is 4.63. The molecular formula is C12H17NO2S. The highest BCUT2D eigenvalue weighted by Crippen LogP contribution is 2.19. The van der Waals surface area contributed by atoms with Crippen LogP contribution in [0.3, 0.4) is 0 Å². The van der Waals surface area contributed by atoms with E-state index in [2.05, 4.69) is 17.9 Å². The zero-order chi connectivity index (χ0) is 12.3. The first-order valence-electron chi connectivity index (χ1n) is 5.07. The van der Waals surface area contributed by atoms with Crippen LogP contribution in [-0.4, -0.2) is 11.7 Å². The second-order valence-corrected chi connectivity index (χ2v) is 5.14. The van der Waals surface area contributed by atoms with E-state index in [0.29, 0.717) is 0 Å². The maximum Gasteiger partial charge on any atom is 0.412 e. The minimum Gasteiger partial charge on any atom is -0.444 e. The number of anilines is 1. The minimum absolute atomic E-state index is 0.442. The minimum atomic E-state index is -0.485. The molecule has 0 fully saturated rings. The van der Waals surface area contributed by atoms with Crippen LogP contribution in [0.1, 0.15) is 26.3 Å². The molecule has 3 nitrogen and oxygen atoms in total. The van der Waals surface area contributed by atoms with Gasteiger partial charge in [-0.3, -0.25) is 5.32 Å². The van der Waals surface area contributed by atoms with Gasteiger partial charge >= 0.3 is 6.09 Å². The van der Waals surface area contributed by atoms with E-state index in [0.717, 1.165) is 16.1 Å². The summed E-state index contributed by atoms with van der Waals surface area (Å²) in [6.45, 7) is 7.40. The molecule has 1 rings (SSSR count). The highest BCUT2D eigenvalue weighted by atomic mass is 32.1. The quantitative estimate of drug-likeness (QED) is 0.734. The largest absolute Gasteiger partial charge is 0.444 e. The molecule has 1 N–H and O–H groups in total. The summed E-state index contributed by atoms with van der Waals surface area (Å²) in [7, 11) is 0. The number of ether oxygens (including phenoxy) is 1. The van der Waals surface area contributed by atoms with Gasteiger partial charge in [-0.1, -0.05) is 0 Å². The van der Waals surface area contributed by atoms with Crippen LogP contribution in [0, 0.1) is 6.92 Å². The van der Waals surface area contributed by atoms with Crippen LogP contribution in [-0.2, 0) is 4.74 Å². The number of amides is 1. The highest BCUT2D eigenvalue weighted by Gasteiger charge is 2.16. The molecule has 0 spiro atoms. The molecule has 0 unspecified atom stereocenters. The third-order valence-electron chi connectivity index (χ3n) is 1.85. The Bertz CT molecular complexity index is 396. The molecule has 0 aliphatic heterocycles. The van der Waals surface area contributed by atoms with Crippen LogP contribution in [0.4, 0.5) is 10.5 Å². The van der Waals surface area contributed by atoms with Crippen LogP contribution in [0.25, 0.3) is 0 Å². The van der Waals surface area contributed by atoms with Crippen molar-refractivity contribution in [3.05, 3.63) is 23.8 Å². The molecule has 88 valence electrons. The average molecular weight is 239 g/mol. The molecular weight excluding hydrogens is 222 g/mol. The molecule has 0 aromatic heterocycles. The Hall–Kier alpha value is -1.16. The summed E-state index contributed by atoms with van der Waals surface area (Å²) in [4.78, 5) is 12.4. The fraction of sp³-hybridized carbons (Fsp3) is 0.417.